The molecular formula is C21H26N2O5. The summed E-state index contributed by atoms with van der Waals surface area (Å²) in [5, 5.41) is 13.8. The number of nitro groups is 1. The Kier molecular flexibility index (Phi) is 4.85. The third-order valence-electron chi connectivity index (χ3n) is 7.02. The Labute approximate surface area is 164 Å². The maximum Gasteiger partial charge on any atom is 0.310 e. The van der Waals surface area contributed by atoms with Crippen LogP contribution < -0.4 is 5.32 Å². The molecule has 1 N–H and O–H groups in total. The van der Waals surface area contributed by atoms with Crippen molar-refractivity contribution in [1.82, 2.24) is 0 Å². The number of hydrogen-bond donors (Lipinski definition) is 1. The van der Waals surface area contributed by atoms with Crippen LogP contribution in [-0.4, -0.2) is 23.4 Å². The number of nitrogens with one attached hydrogen (secondary N) is 1. The van der Waals surface area contributed by atoms with Crippen molar-refractivity contribution >= 4 is 23.3 Å². The zero-order valence-electron chi connectivity index (χ0n) is 16.3. The average Bonchev–Trinajstić information content (AvgIpc) is 2.62. The molecule has 4 saturated carbocycles. The molecule has 5 rings (SSSR count). The first kappa shape index (κ1) is 18.9. The van der Waals surface area contributed by atoms with E-state index in [1.165, 1.54) is 12.5 Å². The molecule has 4 fully saturated rings. The highest BCUT2D eigenvalue weighted by molar-refractivity contribution is 5.96. The maximum absolute atomic E-state index is 12.7. The summed E-state index contributed by atoms with van der Waals surface area (Å²) in [7, 11) is 0. The highest BCUT2D eigenvalue weighted by Crippen LogP contribution is 2.56. The number of anilines is 1. The van der Waals surface area contributed by atoms with Gasteiger partial charge in [0.15, 0.2) is 6.61 Å². The summed E-state index contributed by atoms with van der Waals surface area (Å²) in [5.41, 5.74) is 1.48. The van der Waals surface area contributed by atoms with E-state index in [0.717, 1.165) is 43.1 Å². The van der Waals surface area contributed by atoms with Gasteiger partial charge >= 0.3 is 5.97 Å². The Bertz CT molecular complexity index is 806. The van der Waals surface area contributed by atoms with Crippen LogP contribution in [0, 0.1) is 53.6 Å². The van der Waals surface area contributed by atoms with E-state index < -0.39 is 17.4 Å². The molecule has 0 atom stereocenters. The third kappa shape index (κ3) is 3.38. The number of ether oxygens (including phenoxy) is 1. The minimum Gasteiger partial charge on any atom is -0.455 e. The van der Waals surface area contributed by atoms with Crippen LogP contribution in [0.1, 0.15) is 43.2 Å². The second-order valence-electron chi connectivity index (χ2n) is 8.77. The summed E-state index contributed by atoms with van der Waals surface area (Å²) in [4.78, 5) is 35.7. The van der Waals surface area contributed by atoms with Crippen molar-refractivity contribution in [2.75, 3.05) is 11.9 Å². The number of carbonyl (C=O) groups excluding carboxylic acids is 2. The molecule has 0 heterocycles. The Hall–Kier alpha value is -2.44. The predicted molar refractivity (Wildman–Crippen MR) is 103 cm³/mol. The average molecular weight is 386 g/mol. The summed E-state index contributed by atoms with van der Waals surface area (Å²) in [5.74, 6) is 1.40. The van der Waals surface area contributed by atoms with Gasteiger partial charge in [0.25, 0.3) is 11.6 Å². The summed E-state index contributed by atoms with van der Waals surface area (Å²) >= 11 is 0. The molecule has 28 heavy (non-hydrogen) atoms. The fraction of sp³-hybridized carbons (Fsp3) is 0.619. The van der Waals surface area contributed by atoms with Gasteiger partial charge in [0.2, 0.25) is 0 Å². The molecule has 1 aromatic rings. The molecular weight excluding hydrogens is 360 g/mol. The lowest BCUT2D eigenvalue weighted by Gasteiger charge is -2.53. The van der Waals surface area contributed by atoms with Gasteiger partial charge < -0.3 is 10.1 Å². The second-order valence-corrected chi connectivity index (χ2v) is 8.77. The van der Waals surface area contributed by atoms with E-state index >= 15 is 0 Å². The van der Waals surface area contributed by atoms with E-state index in [-0.39, 0.29) is 23.3 Å². The highest BCUT2D eigenvalue weighted by Gasteiger charge is 2.51. The van der Waals surface area contributed by atoms with Crippen LogP contribution in [0.3, 0.4) is 0 Å². The van der Waals surface area contributed by atoms with Gasteiger partial charge in [-0.2, -0.15) is 0 Å². The number of nitrogens with zero attached hydrogens (tertiary/aromatic N) is 1. The Balaban J connectivity index is 1.38. The second kappa shape index (κ2) is 7.18. The molecule has 0 aliphatic heterocycles. The molecule has 7 nitrogen and oxygen atoms in total. The number of aryl methyl sites for hydroxylation is 1. The largest absolute Gasteiger partial charge is 0.455 e. The molecule has 1 amide bonds. The van der Waals surface area contributed by atoms with Gasteiger partial charge in [-0.05, 0) is 80.8 Å². The number of hydrogen-bond acceptors (Lipinski definition) is 5. The normalized spacial score (nSPS) is 30.1. The van der Waals surface area contributed by atoms with Gasteiger partial charge in [-0.15, -0.1) is 0 Å². The van der Waals surface area contributed by atoms with Crippen molar-refractivity contribution in [2.45, 2.75) is 46.0 Å². The van der Waals surface area contributed by atoms with Crippen molar-refractivity contribution < 1.29 is 19.2 Å². The van der Waals surface area contributed by atoms with Crippen molar-refractivity contribution in [3.63, 3.8) is 0 Å². The number of nitro benzene ring substituents is 1. The fourth-order valence-corrected chi connectivity index (χ4v) is 5.83. The molecule has 4 bridgehead atoms. The van der Waals surface area contributed by atoms with Crippen molar-refractivity contribution in [3.05, 3.63) is 33.4 Å². The summed E-state index contributed by atoms with van der Waals surface area (Å²) in [6.07, 6.45) is 5.73. The maximum atomic E-state index is 12.7. The Morgan fingerprint density at radius 2 is 1.71 bits per heavy atom. The number of esters is 1. The summed E-state index contributed by atoms with van der Waals surface area (Å²) in [6.45, 7) is 3.13. The van der Waals surface area contributed by atoms with Crippen LogP contribution in [-0.2, 0) is 14.3 Å². The van der Waals surface area contributed by atoms with Gasteiger partial charge in [-0.1, -0.05) is 6.07 Å². The van der Waals surface area contributed by atoms with Crippen LogP contribution in [0.5, 0.6) is 0 Å². The molecule has 4 aliphatic rings. The molecule has 150 valence electrons. The minimum atomic E-state index is -0.547. The van der Waals surface area contributed by atoms with Gasteiger partial charge in [0.1, 0.15) is 5.69 Å². The number of carbonyl (C=O) groups is 2. The van der Waals surface area contributed by atoms with Crippen molar-refractivity contribution in [2.24, 2.45) is 29.6 Å². The zero-order valence-corrected chi connectivity index (χ0v) is 16.3. The molecule has 0 unspecified atom stereocenters. The lowest BCUT2D eigenvalue weighted by atomic mass is 9.52. The van der Waals surface area contributed by atoms with Gasteiger partial charge in [-0.25, -0.2) is 0 Å². The zero-order chi connectivity index (χ0) is 20.0. The lowest BCUT2D eigenvalue weighted by Crippen LogP contribution is -2.48. The van der Waals surface area contributed by atoms with E-state index in [1.807, 2.05) is 6.92 Å². The standard InChI is InChI=1S/C21H26N2O5/c1-11-3-4-17(23(26)27)20(12(11)2)22-18(24)10-28-21(25)19-15-6-13-5-14(8-15)9-16(19)7-13/h3-4,13-16,19H,5-10H2,1-2H3,(H,22,24). The van der Waals surface area contributed by atoms with Gasteiger partial charge in [0.05, 0.1) is 10.8 Å². The third-order valence-corrected chi connectivity index (χ3v) is 7.02. The monoisotopic (exact) mass is 386 g/mol. The Morgan fingerprint density at radius 3 is 2.29 bits per heavy atom. The quantitative estimate of drug-likeness (QED) is 0.472. The van der Waals surface area contributed by atoms with Crippen molar-refractivity contribution in [1.29, 1.82) is 0 Å². The van der Waals surface area contributed by atoms with E-state index in [2.05, 4.69) is 5.32 Å². The van der Waals surface area contributed by atoms with Crippen LogP contribution in [0.2, 0.25) is 0 Å². The molecule has 7 heteroatoms. The summed E-state index contributed by atoms with van der Waals surface area (Å²) in [6, 6.07) is 3.02. The lowest BCUT2D eigenvalue weighted by molar-refractivity contribution is -0.384. The SMILES string of the molecule is Cc1ccc([N+](=O)[O-])c(NC(=O)COC(=O)C2C3CC4CC(C3)CC2C4)c1C. The first-order valence-corrected chi connectivity index (χ1v) is 10.0. The van der Waals surface area contributed by atoms with E-state index in [4.69, 9.17) is 4.74 Å². The number of benzene rings is 1. The Morgan fingerprint density at radius 1 is 1.11 bits per heavy atom. The van der Waals surface area contributed by atoms with Crippen molar-refractivity contribution in [3.8, 4) is 0 Å². The molecule has 0 saturated heterocycles. The first-order valence-electron chi connectivity index (χ1n) is 10.0. The molecule has 1 aromatic carbocycles. The van der Waals surface area contributed by atoms with Crippen LogP contribution >= 0.6 is 0 Å². The van der Waals surface area contributed by atoms with Crippen LogP contribution in [0.4, 0.5) is 11.4 Å². The fourth-order valence-electron chi connectivity index (χ4n) is 5.83. The number of rotatable bonds is 5. The van der Waals surface area contributed by atoms with Crippen LogP contribution in [0.15, 0.2) is 12.1 Å². The number of amides is 1. The topological polar surface area (TPSA) is 98.5 Å². The highest BCUT2D eigenvalue weighted by atomic mass is 16.6. The van der Waals surface area contributed by atoms with Gasteiger partial charge in [-0.3, -0.25) is 19.7 Å². The smallest absolute Gasteiger partial charge is 0.310 e. The van der Waals surface area contributed by atoms with E-state index in [0.29, 0.717) is 17.4 Å². The first-order chi connectivity index (χ1) is 13.3. The minimum absolute atomic E-state index is 0.0874. The summed E-state index contributed by atoms with van der Waals surface area (Å²) < 4.78 is 5.35. The van der Waals surface area contributed by atoms with E-state index in [1.54, 1.807) is 13.0 Å². The van der Waals surface area contributed by atoms with Crippen LogP contribution in [0.25, 0.3) is 0 Å². The molecule has 4 aliphatic carbocycles. The van der Waals surface area contributed by atoms with E-state index in [9.17, 15) is 19.7 Å². The van der Waals surface area contributed by atoms with Gasteiger partial charge in [0, 0.05) is 6.07 Å². The molecule has 0 radical (unpaired) electrons. The molecule has 0 aromatic heterocycles. The predicted octanol–water partition coefficient (Wildman–Crippen LogP) is 3.77. The molecule has 0 spiro atoms.